The lowest BCUT2D eigenvalue weighted by Crippen LogP contribution is -1.99. The van der Waals surface area contributed by atoms with E-state index in [1.807, 2.05) is 19.1 Å². The summed E-state index contributed by atoms with van der Waals surface area (Å²) in [5.74, 6) is 0.377. The minimum Gasteiger partial charge on any atom is -0.508 e. The summed E-state index contributed by atoms with van der Waals surface area (Å²) in [6, 6.07) is 5.76. The van der Waals surface area contributed by atoms with Gasteiger partial charge in [-0.15, -0.1) is 0 Å². The van der Waals surface area contributed by atoms with Crippen LogP contribution in [-0.2, 0) is 6.42 Å². The minimum absolute atomic E-state index is 0.377. The lowest BCUT2D eigenvalue weighted by molar-refractivity contribution is 0.471. The zero-order valence-corrected chi connectivity index (χ0v) is 8.09. The van der Waals surface area contributed by atoms with Crippen LogP contribution in [0.2, 0.25) is 0 Å². The zero-order valence-electron chi connectivity index (χ0n) is 8.09. The van der Waals surface area contributed by atoms with Crippen molar-refractivity contribution < 1.29 is 5.11 Å². The van der Waals surface area contributed by atoms with Gasteiger partial charge in [0.25, 0.3) is 0 Å². The lowest BCUT2D eigenvalue weighted by Gasteiger charge is -2.03. The molecule has 1 aromatic carbocycles. The Morgan fingerprint density at radius 3 is 2.69 bits per heavy atom. The first-order valence-electron chi connectivity index (χ1n) is 4.72. The van der Waals surface area contributed by atoms with Crippen LogP contribution in [-0.4, -0.2) is 11.7 Å². The Morgan fingerprint density at radius 2 is 2.08 bits per heavy atom. The average Bonchev–Trinajstić information content (AvgIpc) is 2.12. The van der Waals surface area contributed by atoms with E-state index in [-0.39, 0.29) is 0 Å². The van der Waals surface area contributed by atoms with Crippen molar-refractivity contribution in [2.45, 2.75) is 26.2 Å². The van der Waals surface area contributed by atoms with Gasteiger partial charge in [0.1, 0.15) is 5.75 Å². The maximum Gasteiger partial charge on any atom is 0.118 e. The Kier molecular flexibility index (Phi) is 3.77. The summed E-state index contributed by atoms with van der Waals surface area (Å²) in [5, 5.41) is 9.30. The van der Waals surface area contributed by atoms with E-state index in [1.54, 1.807) is 6.07 Å². The van der Waals surface area contributed by atoms with Gasteiger partial charge in [-0.1, -0.05) is 12.1 Å². The molecule has 0 unspecified atom stereocenters. The van der Waals surface area contributed by atoms with Crippen molar-refractivity contribution in [2.75, 3.05) is 6.54 Å². The highest BCUT2D eigenvalue weighted by Crippen LogP contribution is 2.17. The van der Waals surface area contributed by atoms with Crippen LogP contribution in [0.4, 0.5) is 0 Å². The third-order valence-electron chi connectivity index (χ3n) is 2.18. The molecular formula is C11H17NO. The lowest BCUT2D eigenvalue weighted by atomic mass is 10.1. The van der Waals surface area contributed by atoms with E-state index in [4.69, 9.17) is 5.73 Å². The number of hydrogen-bond acceptors (Lipinski definition) is 2. The molecule has 0 atom stereocenters. The van der Waals surface area contributed by atoms with Crippen molar-refractivity contribution in [3.05, 3.63) is 29.3 Å². The number of unbranched alkanes of at least 4 members (excludes halogenated alkanes) is 1. The standard InChI is InChI=1S/C11H17NO/c1-9-8-10(4-2-3-7-12)5-6-11(9)13/h5-6,8,13H,2-4,7,12H2,1H3. The van der Waals surface area contributed by atoms with Crippen LogP contribution >= 0.6 is 0 Å². The Labute approximate surface area is 79.4 Å². The second kappa shape index (κ2) is 4.87. The molecule has 0 fully saturated rings. The second-order valence-corrected chi connectivity index (χ2v) is 3.37. The number of aromatic hydroxyl groups is 1. The van der Waals surface area contributed by atoms with E-state index in [0.29, 0.717) is 5.75 Å². The molecule has 0 bridgehead atoms. The van der Waals surface area contributed by atoms with Crippen LogP contribution in [0.5, 0.6) is 5.75 Å². The number of phenols is 1. The molecule has 0 aliphatic heterocycles. The molecule has 1 aromatic rings. The van der Waals surface area contributed by atoms with E-state index < -0.39 is 0 Å². The quantitative estimate of drug-likeness (QED) is 0.694. The largest absolute Gasteiger partial charge is 0.508 e. The highest BCUT2D eigenvalue weighted by molar-refractivity contribution is 5.34. The highest BCUT2D eigenvalue weighted by Gasteiger charge is 1.97. The molecule has 0 spiro atoms. The first-order chi connectivity index (χ1) is 6.24. The molecular weight excluding hydrogens is 162 g/mol. The molecule has 0 aliphatic rings. The van der Waals surface area contributed by atoms with Gasteiger partial charge in [-0.25, -0.2) is 0 Å². The van der Waals surface area contributed by atoms with Gasteiger partial charge >= 0.3 is 0 Å². The number of hydrogen-bond donors (Lipinski definition) is 2. The molecule has 0 aromatic heterocycles. The molecule has 1 rings (SSSR count). The number of rotatable bonds is 4. The molecule has 2 heteroatoms. The highest BCUT2D eigenvalue weighted by atomic mass is 16.3. The van der Waals surface area contributed by atoms with E-state index in [9.17, 15) is 5.11 Å². The van der Waals surface area contributed by atoms with Gasteiger partial charge in [0.05, 0.1) is 0 Å². The average molecular weight is 179 g/mol. The summed E-state index contributed by atoms with van der Waals surface area (Å²) >= 11 is 0. The Bertz CT molecular complexity index is 271. The summed E-state index contributed by atoms with van der Waals surface area (Å²) in [6.45, 7) is 2.68. The van der Waals surface area contributed by atoms with Crippen LogP contribution in [0.15, 0.2) is 18.2 Å². The molecule has 2 nitrogen and oxygen atoms in total. The van der Waals surface area contributed by atoms with Crippen LogP contribution < -0.4 is 5.73 Å². The van der Waals surface area contributed by atoms with Crippen molar-refractivity contribution in [1.29, 1.82) is 0 Å². The SMILES string of the molecule is Cc1cc(CCCCN)ccc1O. The fourth-order valence-corrected chi connectivity index (χ4v) is 1.35. The maximum atomic E-state index is 9.30. The van der Waals surface area contributed by atoms with Crippen molar-refractivity contribution in [3.8, 4) is 5.75 Å². The third kappa shape index (κ3) is 3.07. The zero-order chi connectivity index (χ0) is 9.68. The van der Waals surface area contributed by atoms with Crippen LogP contribution in [0, 0.1) is 6.92 Å². The molecule has 3 N–H and O–H groups in total. The summed E-state index contributed by atoms with van der Waals surface area (Å²) < 4.78 is 0. The molecule has 0 saturated heterocycles. The molecule has 0 heterocycles. The monoisotopic (exact) mass is 179 g/mol. The summed E-state index contributed by atoms with van der Waals surface area (Å²) in [7, 11) is 0. The first-order valence-corrected chi connectivity index (χ1v) is 4.72. The van der Waals surface area contributed by atoms with E-state index >= 15 is 0 Å². The van der Waals surface area contributed by atoms with E-state index in [1.165, 1.54) is 5.56 Å². The fourth-order valence-electron chi connectivity index (χ4n) is 1.35. The van der Waals surface area contributed by atoms with E-state index in [0.717, 1.165) is 31.4 Å². The summed E-state index contributed by atoms with van der Waals surface area (Å²) in [4.78, 5) is 0. The van der Waals surface area contributed by atoms with Crippen molar-refractivity contribution in [3.63, 3.8) is 0 Å². The predicted molar refractivity (Wildman–Crippen MR) is 54.8 cm³/mol. The molecule has 13 heavy (non-hydrogen) atoms. The molecule has 0 amide bonds. The summed E-state index contributed by atoms with van der Waals surface area (Å²) in [6.07, 6.45) is 3.25. The number of benzene rings is 1. The van der Waals surface area contributed by atoms with Crippen LogP contribution in [0.3, 0.4) is 0 Å². The predicted octanol–water partition coefficient (Wildman–Crippen LogP) is 1.98. The van der Waals surface area contributed by atoms with Gasteiger partial charge in [0.15, 0.2) is 0 Å². The van der Waals surface area contributed by atoms with Crippen LogP contribution in [0.1, 0.15) is 24.0 Å². The topological polar surface area (TPSA) is 46.2 Å². The fraction of sp³-hybridized carbons (Fsp3) is 0.455. The van der Waals surface area contributed by atoms with Crippen molar-refractivity contribution in [2.24, 2.45) is 5.73 Å². The molecule has 72 valence electrons. The first kappa shape index (κ1) is 10.1. The molecule has 0 radical (unpaired) electrons. The Hall–Kier alpha value is -1.02. The Balaban J connectivity index is 2.53. The smallest absolute Gasteiger partial charge is 0.118 e. The van der Waals surface area contributed by atoms with Crippen LogP contribution in [0.25, 0.3) is 0 Å². The number of aryl methyl sites for hydroxylation is 2. The third-order valence-corrected chi connectivity index (χ3v) is 2.18. The minimum atomic E-state index is 0.377. The van der Waals surface area contributed by atoms with Gasteiger partial charge in [-0.05, 0) is 49.9 Å². The second-order valence-electron chi connectivity index (χ2n) is 3.37. The van der Waals surface area contributed by atoms with Gasteiger partial charge in [0, 0.05) is 0 Å². The van der Waals surface area contributed by atoms with Gasteiger partial charge in [-0.3, -0.25) is 0 Å². The normalized spacial score (nSPS) is 10.3. The van der Waals surface area contributed by atoms with Gasteiger partial charge in [-0.2, -0.15) is 0 Å². The summed E-state index contributed by atoms with van der Waals surface area (Å²) in [5.41, 5.74) is 7.64. The molecule has 0 saturated carbocycles. The van der Waals surface area contributed by atoms with E-state index in [2.05, 4.69) is 0 Å². The van der Waals surface area contributed by atoms with Gasteiger partial charge in [0.2, 0.25) is 0 Å². The molecule has 0 aliphatic carbocycles. The Morgan fingerprint density at radius 1 is 1.31 bits per heavy atom. The van der Waals surface area contributed by atoms with Gasteiger partial charge < -0.3 is 10.8 Å². The maximum absolute atomic E-state index is 9.30. The number of nitrogens with two attached hydrogens (primary N) is 1. The van der Waals surface area contributed by atoms with Crippen molar-refractivity contribution >= 4 is 0 Å². The number of phenolic OH excluding ortho intramolecular Hbond substituents is 1. The van der Waals surface area contributed by atoms with Crippen molar-refractivity contribution in [1.82, 2.24) is 0 Å².